The lowest BCUT2D eigenvalue weighted by atomic mass is 9.94. The average Bonchev–Trinajstić information content (AvgIpc) is 2.45. The second kappa shape index (κ2) is 7.25. The molecular formula is C15H29N3O. The van der Waals surface area contributed by atoms with Crippen LogP contribution in [0.1, 0.15) is 32.1 Å². The summed E-state index contributed by atoms with van der Waals surface area (Å²) in [6, 6.07) is 0. The first-order chi connectivity index (χ1) is 9.16. The van der Waals surface area contributed by atoms with Crippen LogP contribution in [0.4, 0.5) is 0 Å². The highest BCUT2D eigenvalue weighted by Crippen LogP contribution is 2.20. The third-order valence-electron chi connectivity index (χ3n) is 4.66. The number of nitrogens with zero attached hydrogens (tertiary/aromatic N) is 2. The van der Waals surface area contributed by atoms with Crippen molar-refractivity contribution in [2.45, 2.75) is 32.1 Å². The molecule has 2 aliphatic heterocycles. The van der Waals surface area contributed by atoms with Gasteiger partial charge in [0.05, 0.1) is 0 Å². The molecule has 0 aromatic rings. The van der Waals surface area contributed by atoms with E-state index in [1.165, 1.54) is 25.9 Å². The van der Waals surface area contributed by atoms with Gasteiger partial charge in [0.25, 0.3) is 0 Å². The van der Waals surface area contributed by atoms with Crippen molar-refractivity contribution in [3.63, 3.8) is 0 Å². The minimum Gasteiger partial charge on any atom is -0.346 e. The minimum atomic E-state index is 0.264. The molecule has 1 atom stereocenters. The number of rotatable bonds is 4. The average molecular weight is 267 g/mol. The highest BCUT2D eigenvalue weighted by atomic mass is 16.2. The molecule has 0 saturated carbocycles. The Morgan fingerprint density at radius 1 is 1.32 bits per heavy atom. The van der Waals surface area contributed by atoms with Crippen LogP contribution in [0.5, 0.6) is 0 Å². The second-order valence-corrected chi connectivity index (χ2v) is 6.34. The van der Waals surface area contributed by atoms with Gasteiger partial charge in [-0.15, -0.1) is 0 Å². The lowest BCUT2D eigenvalue weighted by Gasteiger charge is -2.32. The summed E-state index contributed by atoms with van der Waals surface area (Å²) in [5, 5.41) is 3.32. The molecule has 110 valence electrons. The van der Waals surface area contributed by atoms with Crippen molar-refractivity contribution in [3.8, 4) is 0 Å². The summed E-state index contributed by atoms with van der Waals surface area (Å²) in [4.78, 5) is 16.7. The highest BCUT2D eigenvalue weighted by molar-refractivity contribution is 5.78. The standard InChI is InChI=1S/C15H29N3O/c1-17-10-3-4-13(12-17)7-11-18(2)15(19)14-5-8-16-9-6-14/h13-14,16H,3-12H2,1-2H3. The van der Waals surface area contributed by atoms with E-state index in [1.807, 2.05) is 11.9 Å². The van der Waals surface area contributed by atoms with Crippen LogP contribution in [0.25, 0.3) is 0 Å². The quantitative estimate of drug-likeness (QED) is 0.831. The van der Waals surface area contributed by atoms with E-state index in [4.69, 9.17) is 0 Å². The van der Waals surface area contributed by atoms with E-state index in [0.29, 0.717) is 5.91 Å². The van der Waals surface area contributed by atoms with E-state index in [9.17, 15) is 4.79 Å². The van der Waals surface area contributed by atoms with Crippen molar-refractivity contribution in [2.75, 3.05) is 46.8 Å². The lowest BCUT2D eigenvalue weighted by molar-refractivity contribution is -0.135. The minimum absolute atomic E-state index is 0.264. The molecule has 2 fully saturated rings. The number of hydrogen-bond donors (Lipinski definition) is 1. The van der Waals surface area contributed by atoms with Crippen molar-refractivity contribution in [1.82, 2.24) is 15.1 Å². The maximum Gasteiger partial charge on any atom is 0.225 e. The maximum atomic E-state index is 12.3. The van der Waals surface area contributed by atoms with Crippen molar-refractivity contribution >= 4 is 5.91 Å². The van der Waals surface area contributed by atoms with Crippen LogP contribution in [-0.4, -0.2) is 62.5 Å². The molecule has 0 spiro atoms. The summed E-state index contributed by atoms with van der Waals surface area (Å²) >= 11 is 0. The zero-order chi connectivity index (χ0) is 13.7. The highest BCUT2D eigenvalue weighted by Gasteiger charge is 2.24. The van der Waals surface area contributed by atoms with E-state index < -0.39 is 0 Å². The molecule has 0 aromatic carbocycles. The zero-order valence-electron chi connectivity index (χ0n) is 12.5. The molecule has 0 bridgehead atoms. The van der Waals surface area contributed by atoms with Crippen LogP contribution in [0, 0.1) is 11.8 Å². The zero-order valence-corrected chi connectivity index (χ0v) is 12.5. The summed E-state index contributed by atoms with van der Waals surface area (Å²) in [5.74, 6) is 1.41. The molecule has 2 heterocycles. The Labute approximate surface area is 117 Å². The summed E-state index contributed by atoms with van der Waals surface area (Å²) in [7, 11) is 4.19. The molecule has 0 radical (unpaired) electrons. The normalized spacial score (nSPS) is 26.3. The Bertz CT molecular complexity index is 289. The Kier molecular flexibility index (Phi) is 5.64. The Morgan fingerprint density at radius 3 is 2.74 bits per heavy atom. The molecular weight excluding hydrogens is 238 g/mol. The monoisotopic (exact) mass is 267 g/mol. The van der Waals surface area contributed by atoms with Gasteiger partial charge in [0.2, 0.25) is 5.91 Å². The van der Waals surface area contributed by atoms with Crippen LogP contribution in [-0.2, 0) is 4.79 Å². The fourth-order valence-corrected chi connectivity index (χ4v) is 3.38. The number of amides is 1. The van der Waals surface area contributed by atoms with Gasteiger partial charge in [0.1, 0.15) is 0 Å². The van der Waals surface area contributed by atoms with Gasteiger partial charge in [-0.1, -0.05) is 0 Å². The molecule has 0 aliphatic carbocycles. The SMILES string of the molecule is CN1CCCC(CCN(C)C(=O)C2CCNCC2)C1. The van der Waals surface area contributed by atoms with Crippen LogP contribution >= 0.6 is 0 Å². The Balaban J connectivity index is 1.70. The number of likely N-dealkylation sites (tertiary alicyclic amines) is 1. The van der Waals surface area contributed by atoms with Gasteiger partial charge in [-0.2, -0.15) is 0 Å². The van der Waals surface area contributed by atoms with E-state index in [1.54, 1.807) is 0 Å². The van der Waals surface area contributed by atoms with Gasteiger partial charge in [-0.05, 0) is 64.7 Å². The molecule has 2 aliphatic rings. The number of nitrogens with one attached hydrogen (secondary N) is 1. The third-order valence-corrected chi connectivity index (χ3v) is 4.66. The molecule has 0 aromatic heterocycles. The molecule has 2 saturated heterocycles. The van der Waals surface area contributed by atoms with Crippen LogP contribution in [0.2, 0.25) is 0 Å². The molecule has 1 amide bonds. The van der Waals surface area contributed by atoms with Gasteiger partial charge in [-0.25, -0.2) is 0 Å². The van der Waals surface area contributed by atoms with Crippen molar-refractivity contribution < 1.29 is 4.79 Å². The molecule has 1 N–H and O–H groups in total. The number of carbonyl (C=O) groups is 1. The van der Waals surface area contributed by atoms with E-state index in [-0.39, 0.29) is 5.92 Å². The predicted molar refractivity (Wildman–Crippen MR) is 78.1 cm³/mol. The molecule has 2 rings (SSSR count). The number of carbonyl (C=O) groups excluding carboxylic acids is 1. The summed E-state index contributed by atoms with van der Waals surface area (Å²) in [6.07, 6.45) is 5.83. The van der Waals surface area contributed by atoms with E-state index in [0.717, 1.165) is 44.8 Å². The first kappa shape index (κ1) is 14.8. The van der Waals surface area contributed by atoms with Gasteiger partial charge in [-0.3, -0.25) is 4.79 Å². The van der Waals surface area contributed by atoms with Crippen LogP contribution in [0.15, 0.2) is 0 Å². The topological polar surface area (TPSA) is 35.6 Å². The Morgan fingerprint density at radius 2 is 2.05 bits per heavy atom. The third kappa shape index (κ3) is 4.46. The largest absolute Gasteiger partial charge is 0.346 e. The van der Waals surface area contributed by atoms with Crippen molar-refractivity contribution in [1.29, 1.82) is 0 Å². The molecule has 4 heteroatoms. The van der Waals surface area contributed by atoms with Gasteiger partial charge in [0, 0.05) is 26.1 Å². The molecule has 4 nitrogen and oxygen atoms in total. The first-order valence-corrected chi connectivity index (χ1v) is 7.81. The van der Waals surface area contributed by atoms with Crippen LogP contribution in [0.3, 0.4) is 0 Å². The summed E-state index contributed by atoms with van der Waals surface area (Å²) in [5.41, 5.74) is 0. The van der Waals surface area contributed by atoms with Crippen molar-refractivity contribution in [2.24, 2.45) is 11.8 Å². The second-order valence-electron chi connectivity index (χ2n) is 6.34. The van der Waals surface area contributed by atoms with E-state index >= 15 is 0 Å². The predicted octanol–water partition coefficient (Wildman–Crippen LogP) is 1.18. The van der Waals surface area contributed by atoms with Gasteiger partial charge in [0.15, 0.2) is 0 Å². The fraction of sp³-hybridized carbons (Fsp3) is 0.933. The molecule has 1 unspecified atom stereocenters. The molecule has 19 heavy (non-hydrogen) atoms. The van der Waals surface area contributed by atoms with E-state index in [2.05, 4.69) is 17.3 Å². The smallest absolute Gasteiger partial charge is 0.225 e. The van der Waals surface area contributed by atoms with Crippen molar-refractivity contribution in [3.05, 3.63) is 0 Å². The van der Waals surface area contributed by atoms with Gasteiger partial charge < -0.3 is 15.1 Å². The first-order valence-electron chi connectivity index (χ1n) is 7.81. The maximum absolute atomic E-state index is 12.3. The Hall–Kier alpha value is -0.610. The number of piperidine rings is 2. The lowest BCUT2D eigenvalue weighted by Crippen LogP contribution is -2.40. The summed E-state index contributed by atoms with van der Waals surface area (Å²) < 4.78 is 0. The summed E-state index contributed by atoms with van der Waals surface area (Å²) in [6.45, 7) is 5.37. The van der Waals surface area contributed by atoms with Crippen LogP contribution < -0.4 is 5.32 Å². The number of hydrogen-bond acceptors (Lipinski definition) is 3. The van der Waals surface area contributed by atoms with Gasteiger partial charge >= 0.3 is 0 Å². The fourth-order valence-electron chi connectivity index (χ4n) is 3.38.